The molecule has 1 aliphatic heterocycles. The number of sulfonamides is 1. The van der Waals surface area contributed by atoms with Crippen LogP contribution in [0.4, 0.5) is 5.69 Å². The smallest absolute Gasteiger partial charge is 0.270 e. The molecule has 174 valence electrons. The SMILES string of the molecule is Cc1ccc([N+](=O)[O-])cc1S(=O)(=O)N1CCN(C(=O)c2cc(C)n(-c3nccs3)c2C)CC1. The normalized spacial score (nSPS) is 15.1. The number of piperazine rings is 1. The number of carbonyl (C=O) groups is 1. The first kappa shape index (κ1) is 23.1. The fraction of sp³-hybridized carbons (Fsp3) is 0.333. The third-order valence-corrected chi connectivity index (χ3v) is 8.60. The van der Waals surface area contributed by atoms with Gasteiger partial charge in [-0.15, -0.1) is 11.3 Å². The molecule has 33 heavy (non-hydrogen) atoms. The summed E-state index contributed by atoms with van der Waals surface area (Å²) in [5.74, 6) is -0.158. The number of nitro groups is 1. The Morgan fingerprint density at radius 2 is 1.82 bits per heavy atom. The van der Waals surface area contributed by atoms with E-state index in [2.05, 4.69) is 4.98 Å². The number of benzene rings is 1. The Kier molecular flexibility index (Phi) is 6.08. The van der Waals surface area contributed by atoms with Crippen LogP contribution in [-0.4, -0.2) is 64.2 Å². The topological polar surface area (TPSA) is 119 Å². The Bertz CT molecular complexity index is 1320. The van der Waals surface area contributed by atoms with Crippen LogP contribution in [0.5, 0.6) is 0 Å². The van der Waals surface area contributed by atoms with Crippen molar-refractivity contribution in [3.05, 3.63) is 68.5 Å². The number of nitro benzene ring substituents is 1. The number of hydrogen-bond donors (Lipinski definition) is 0. The zero-order valence-corrected chi connectivity index (χ0v) is 20.0. The van der Waals surface area contributed by atoms with Gasteiger partial charge in [0, 0.05) is 61.3 Å². The summed E-state index contributed by atoms with van der Waals surface area (Å²) in [6, 6.07) is 5.64. The van der Waals surface area contributed by atoms with E-state index < -0.39 is 14.9 Å². The third-order valence-electron chi connectivity index (χ3n) is 5.80. The molecule has 0 spiro atoms. The van der Waals surface area contributed by atoms with Crippen LogP contribution >= 0.6 is 11.3 Å². The molecular formula is C21H23N5O5S2. The van der Waals surface area contributed by atoms with Gasteiger partial charge in [0.05, 0.1) is 15.4 Å². The molecule has 1 saturated heterocycles. The van der Waals surface area contributed by atoms with Crippen LogP contribution < -0.4 is 0 Å². The van der Waals surface area contributed by atoms with E-state index in [-0.39, 0.29) is 42.7 Å². The number of amides is 1. The van der Waals surface area contributed by atoms with Crippen molar-refractivity contribution in [1.29, 1.82) is 0 Å². The highest BCUT2D eigenvalue weighted by Gasteiger charge is 2.33. The molecule has 3 aromatic rings. The lowest BCUT2D eigenvalue weighted by Crippen LogP contribution is -2.50. The second kappa shape index (κ2) is 8.69. The minimum atomic E-state index is -3.92. The van der Waals surface area contributed by atoms with Gasteiger partial charge < -0.3 is 4.90 Å². The number of thiazole rings is 1. The predicted octanol–water partition coefficient (Wildman–Crippen LogP) is 2.91. The molecule has 0 aliphatic carbocycles. The summed E-state index contributed by atoms with van der Waals surface area (Å²) in [6.45, 7) is 6.07. The van der Waals surface area contributed by atoms with Crippen molar-refractivity contribution in [2.75, 3.05) is 26.2 Å². The van der Waals surface area contributed by atoms with Crippen LogP contribution in [-0.2, 0) is 10.0 Å². The summed E-state index contributed by atoms with van der Waals surface area (Å²) < 4.78 is 29.5. The van der Waals surface area contributed by atoms with Crippen molar-refractivity contribution < 1.29 is 18.1 Å². The van der Waals surface area contributed by atoms with E-state index in [0.29, 0.717) is 11.1 Å². The van der Waals surface area contributed by atoms with Crippen LogP contribution in [0.25, 0.3) is 5.13 Å². The lowest BCUT2D eigenvalue weighted by Gasteiger charge is -2.34. The van der Waals surface area contributed by atoms with Gasteiger partial charge in [-0.2, -0.15) is 4.31 Å². The third kappa shape index (κ3) is 4.16. The van der Waals surface area contributed by atoms with Crippen molar-refractivity contribution in [1.82, 2.24) is 18.8 Å². The highest BCUT2D eigenvalue weighted by molar-refractivity contribution is 7.89. The maximum absolute atomic E-state index is 13.2. The van der Waals surface area contributed by atoms with Crippen molar-refractivity contribution in [2.24, 2.45) is 0 Å². The molecule has 0 radical (unpaired) electrons. The second-order valence-electron chi connectivity index (χ2n) is 7.84. The Morgan fingerprint density at radius 3 is 2.42 bits per heavy atom. The van der Waals surface area contributed by atoms with Gasteiger partial charge in [-0.1, -0.05) is 6.07 Å². The quantitative estimate of drug-likeness (QED) is 0.402. The highest BCUT2D eigenvalue weighted by atomic mass is 32.2. The average Bonchev–Trinajstić information content (AvgIpc) is 3.40. The fourth-order valence-electron chi connectivity index (χ4n) is 4.02. The largest absolute Gasteiger partial charge is 0.336 e. The number of non-ortho nitro benzene ring substituents is 1. The number of nitrogens with zero attached hydrogens (tertiary/aromatic N) is 5. The van der Waals surface area contributed by atoms with Crippen molar-refractivity contribution in [2.45, 2.75) is 25.7 Å². The Balaban J connectivity index is 1.52. The van der Waals surface area contributed by atoms with Gasteiger partial charge in [-0.05, 0) is 32.4 Å². The first-order valence-electron chi connectivity index (χ1n) is 10.2. The summed E-state index contributed by atoms with van der Waals surface area (Å²) in [5.41, 5.74) is 2.41. The Morgan fingerprint density at radius 1 is 1.12 bits per heavy atom. The van der Waals surface area contributed by atoms with Gasteiger partial charge in [-0.3, -0.25) is 19.5 Å². The number of hydrogen-bond acceptors (Lipinski definition) is 7. The molecule has 1 aliphatic rings. The van der Waals surface area contributed by atoms with Crippen molar-refractivity contribution >= 4 is 33.0 Å². The zero-order chi connectivity index (χ0) is 23.9. The summed E-state index contributed by atoms with van der Waals surface area (Å²) in [6.07, 6.45) is 1.71. The maximum Gasteiger partial charge on any atom is 0.270 e. The Hall–Kier alpha value is -3.09. The van der Waals surface area contributed by atoms with Gasteiger partial charge in [0.1, 0.15) is 0 Å². The summed E-state index contributed by atoms with van der Waals surface area (Å²) in [4.78, 5) is 29.6. The molecule has 12 heteroatoms. The molecule has 0 unspecified atom stereocenters. The number of carbonyl (C=O) groups excluding carboxylic acids is 1. The van der Waals surface area contributed by atoms with Crippen molar-refractivity contribution in [3.63, 3.8) is 0 Å². The molecule has 0 saturated carbocycles. The molecule has 1 aromatic carbocycles. The number of aryl methyl sites for hydroxylation is 2. The van der Waals surface area contributed by atoms with Crippen LogP contribution in [0.15, 0.2) is 40.7 Å². The molecule has 1 fully saturated rings. The van der Waals surface area contributed by atoms with E-state index in [1.165, 1.54) is 27.8 Å². The molecule has 0 atom stereocenters. The van der Waals surface area contributed by atoms with E-state index in [1.54, 1.807) is 18.0 Å². The van der Waals surface area contributed by atoms with E-state index in [9.17, 15) is 23.3 Å². The van der Waals surface area contributed by atoms with E-state index in [4.69, 9.17) is 0 Å². The average molecular weight is 490 g/mol. The van der Waals surface area contributed by atoms with Crippen molar-refractivity contribution in [3.8, 4) is 5.13 Å². The van der Waals surface area contributed by atoms with Gasteiger partial charge in [0.2, 0.25) is 10.0 Å². The molecule has 1 amide bonds. The minimum absolute atomic E-state index is 0.0801. The van der Waals surface area contributed by atoms with Gasteiger partial charge in [-0.25, -0.2) is 13.4 Å². The highest BCUT2D eigenvalue weighted by Crippen LogP contribution is 2.27. The molecule has 0 bridgehead atoms. The zero-order valence-electron chi connectivity index (χ0n) is 18.4. The molecule has 0 N–H and O–H groups in total. The summed E-state index contributed by atoms with van der Waals surface area (Å²) >= 11 is 1.48. The Labute approximate surface area is 195 Å². The lowest BCUT2D eigenvalue weighted by atomic mass is 10.2. The minimum Gasteiger partial charge on any atom is -0.336 e. The molecule has 2 aromatic heterocycles. The predicted molar refractivity (Wildman–Crippen MR) is 123 cm³/mol. The summed E-state index contributed by atoms with van der Waals surface area (Å²) in [5, 5.41) is 13.8. The second-order valence-corrected chi connectivity index (χ2v) is 10.6. The van der Waals surface area contributed by atoms with E-state index >= 15 is 0 Å². The van der Waals surface area contributed by atoms with Gasteiger partial charge in [0.15, 0.2) is 5.13 Å². The molecule has 10 nitrogen and oxygen atoms in total. The van der Waals surface area contributed by atoms with E-state index in [1.807, 2.05) is 29.9 Å². The van der Waals surface area contributed by atoms with Crippen LogP contribution in [0.3, 0.4) is 0 Å². The lowest BCUT2D eigenvalue weighted by molar-refractivity contribution is -0.385. The first-order chi connectivity index (χ1) is 15.6. The number of aromatic nitrogens is 2. The number of rotatable bonds is 5. The standard InChI is InChI=1S/C21H23N5O5S2/c1-14-4-5-17(26(28)29)13-19(14)33(30,31)24-9-7-23(8-10-24)20(27)18-12-15(2)25(16(18)3)21-22-6-11-32-21/h4-6,11-13H,7-10H2,1-3H3. The molecule has 4 rings (SSSR count). The molecule has 3 heterocycles. The van der Waals surface area contributed by atoms with Gasteiger partial charge >= 0.3 is 0 Å². The van der Waals surface area contributed by atoms with Crippen LogP contribution in [0.2, 0.25) is 0 Å². The van der Waals surface area contributed by atoms with Gasteiger partial charge in [0.25, 0.3) is 11.6 Å². The first-order valence-corrected chi connectivity index (χ1v) is 12.6. The summed E-state index contributed by atoms with van der Waals surface area (Å²) in [7, 11) is -3.92. The monoisotopic (exact) mass is 489 g/mol. The molecular weight excluding hydrogens is 466 g/mol. The maximum atomic E-state index is 13.2. The van der Waals surface area contributed by atoms with Crippen LogP contribution in [0.1, 0.15) is 27.3 Å². The van der Waals surface area contributed by atoms with E-state index in [0.717, 1.165) is 22.6 Å². The fourth-order valence-corrected chi connectivity index (χ4v) is 6.44. The van der Waals surface area contributed by atoms with Crippen LogP contribution in [0, 0.1) is 30.9 Å².